The van der Waals surface area contributed by atoms with Crippen molar-refractivity contribution in [3.63, 3.8) is 0 Å². The molecule has 0 aromatic carbocycles. The summed E-state index contributed by atoms with van der Waals surface area (Å²) in [6.07, 6.45) is -0.622. The summed E-state index contributed by atoms with van der Waals surface area (Å²) in [5.41, 5.74) is 0. The van der Waals surface area contributed by atoms with E-state index in [9.17, 15) is 18.0 Å². The molecule has 0 aromatic heterocycles. The van der Waals surface area contributed by atoms with Crippen molar-refractivity contribution in [1.29, 1.82) is 0 Å². The zero-order chi connectivity index (χ0) is 12.5. The average Bonchev–Trinajstić information content (AvgIpc) is 2.29. The molecule has 0 saturated carbocycles. The number of carbonyl (C=O) groups excluding carboxylic acids is 2. The normalized spacial score (nSPS) is 22.2. The van der Waals surface area contributed by atoms with E-state index < -0.39 is 33.6 Å². The van der Waals surface area contributed by atoms with E-state index >= 15 is 0 Å². The molecule has 1 heterocycles. The minimum absolute atomic E-state index is 0.259. The number of carbonyl (C=O) groups is 2. The van der Waals surface area contributed by atoms with Crippen LogP contribution in [-0.4, -0.2) is 41.7 Å². The lowest BCUT2D eigenvalue weighted by atomic mass is 10.1. The largest absolute Gasteiger partial charge is 0.286 e. The Labute approximate surface area is 93.1 Å². The summed E-state index contributed by atoms with van der Waals surface area (Å²) < 4.78 is 29.8. The molecule has 0 radical (unpaired) electrons. The molecular formula is C8H13NO6S. The second-order valence-corrected chi connectivity index (χ2v) is 5.33. The SMILES string of the molecule is CC(C)ON1C(=O)CC(CS(=O)(=O)O)C1=O. The third kappa shape index (κ3) is 3.26. The first-order valence-corrected chi connectivity index (χ1v) is 6.30. The zero-order valence-corrected chi connectivity index (χ0v) is 9.73. The molecule has 1 N–H and O–H groups in total. The quantitative estimate of drug-likeness (QED) is 0.538. The standard InChI is InChI=1S/C8H13NO6S/c1-5(2)15-9-7(10)3-6(8(9)11)4-16(12,13)14/h5-6H,3-4H2,1-2H3,(H,12,13,14). The predicted octanol–water partition coefficient (Wildman–Crippen LogP) is -0.411. The fourth-order valence-corrected chi connectivity index (χ4v) is 2.14. The van der Waals surface area contributed by atoms with Gasteiger partial charge < -0.3 is 0 Å². The van der Waals surface area contributed by atoms with Gasteiger partial charge in [-0.15, -0.1) is 0 Å². The maximum Gasteiger partial charge on any atom is 0.265 e. The molecule has 1 saturated heterocycles. The topological polar surface area (TPSA) is 101 Å². The number of imide groups is 1. The summed E-state index contributed by atoms with van der Waals surface area (Å²) in [6.45, 7) is 3.27. The third-order valence-electron chi connectivity index (χ3n) is 1.92. The first-order valence-electron chi connectivity index (χ1n) is 4.69. The van der Waals surface area contributed by atoms with E-state index in [-0.39, 0.29) is 12.5 Å². The Balaban J connectivity index is 2.74. The molecule has 1 atom stereocenters. The molecule has 0 bridgehead atoms. The van der Waals surface area contributed by atoms with Gasteiger partial charge in [-0.3, -0.25) is 19.0 Å². The van der Waals surface area contributed by atoms with Crippen molar-refractivity contribution < 1.29 is 27.4 Å². The molecule has 8 heteroatoms. The van der Waals surface area contributed by atoms with Crippen LogP contribution in [0.15, 0.2) is 0 Å². The molecule has 2 amide bonds. The van der Waals surface area contributed by atoms with Crippen LogP contribution in [0, 0.1) is 5.92 Å². The number of hydrogen-bond donors (Lipinski definition) is 1. The molecule has 0 spiro atoms. The molecule has 1 aliphatic rings. The maximum absolute atomic E-state index is 11.5. The average molecular weight is 251 g/mol. The van der Waals surface area contributed by atoms with Crippen LogP contribution in [-0.2, 0) is 24.5 Å². The second-order valence-electron chi connectivity index (χ2n) is 3.83. The monoisotopic (exact) mass is 251 g/mol. The van der Waals surface area contributed by atoms with Gasteiger partial charge in [0.25, 0.3) is 21.9 Å². The molecule has 7 nitrogen and oxygen atoms in total. The number of rotatable bonds is 4. The van der Waals surface area contributed by atoms with Crippen LogP contribution >= 0.6 is 0 Å². The summed E-state index contributed by atoms with van der Waals surface area (Å²) in [5, 5.41) is 0.570. The number of hydroxylamine groups is 2. The Bertz CT molecular complexity index is 401. The van der Waals surface area contributed by atoms with Crippen LogP contribution < -0.4 is 0 Å². The fraction of sp³-hybridized carbons (Fsp3) is 0.750. The molecule has 92 valence electrons. The van der Waals surface area contributed by atoms with Crippen molar-refractivity contribution in [3.8, 4) is 0 Å². The van der Waals surface area contributed by atoms with Gasteiger partial charge in [-0.05, 0) is 13.8 Å². The van der Waals surface area contributed by atoms with Crippen LogP contribution in [0.2, 0.25) is 0 Å². The lowest BCUT2D eigenvalue weighted by Crippen LogP contribution is -2.34. The summed E-state index contributed by atoms with van der Waals surface area (Å²) in [5.74, 6) is -3.12. The Morgan fingerprint density at radius 3 is 2.50 bits per heavy atom. The van der Waals surface area contributed by atoms with Crippen molar-refractivity contribution in [2.24, 2.45) is 5.92 Å². The Hall–Kier alpha value is -0.990. The van der Waals surface area contributed by atoms with Crippen molar-refractivity contribution >= 4 is 21.9 Å². The van der Waals surface area contributed by atoms with E-state index in [0.29, 0.717) is 5.06 Å². The highest BCUT2D eigenvalue weighted by Crippen LogP contribution is 2.22. The molecule has 1 fully saturated rings. The zero-order valence-electron chi connectivity index (χ0n) is 8.91. The minimum Gasteiger partial charge on any atom is -0.286 e. The van der Waals surface area contributed by atoms with Crippen LogP contribution in [0.3, 0.4) is 0 Å². The molecule has 0 aliphatic carbocycles. The van der Waals surface area contributed by atoms with E-state index in [4.69, 9.17) is 9.39 Å². The van der Waals surface area contributed by atoms with Gasteiger partial charge >= 0.3 is 0 Å². The molecule has 0 aromatic rings. The van der Waals surface area contributed by atoms with Crippen molar-refractivity contribution in [1.82, 2.24) is 5.06 Å². The Morgan fingerprint density at radius 1 is 1.50 bits per heavy atom. The van der Waals surface area contributed by atoms with E-state index in [0.717, 1.165) is 0 Å². The van der Waals surface area contributed by atoms with Gasteiger partial charge in [0.1, 0.15) is 0 Å². The Kier molecular flexibility index (Phi) is 3.66. The van der Waals surface area contributed by atoms with Gasteiger partial charge in [-0.1, -0.05) is 0 Å². The van der Waals surface area contributed by atoms with Crippen molar-refractivity contribution in [2.75, 3.05) is 5.75 Å². The van der Waals surface area contributed by atoms with Crippen LogP contribution in [0.5, 0.6) is 0 Å². The summed E-state index contributed by atoms with van der Waals surface area (Å²) in [4.78, 5) is 27.8. The van der Waals surface area contributed by atoms with Gasteiger partial charge in [-0.25, -0.2) is 0 Å². The van der Waals surface area contributed by atoms with E-state index in [1.807, 2.05) is 0 Å². The second kappa shape index (κ2) is 4.48. The van der Waals surface area contributed by atoms with Crippen molar-refractivity contribution in [3.05, 3.63) is 0 Å². The van der Waals surface area contributed by atoms with Gasteiger partial charge in [0.2, 0.25) is 0 Å². The maximum atomic E-state index is 11.5. The molecule has 16 heavy (non-hydrogen) atoms. The van der Waals surface area contributed by atoms with Gasteiger partial charge in [0, 0.05) is 6.42 Å². The van der Waals surface area contributed by atoms with Crippen LogP contribution in [0.4, 0.5) is 0 Å². The third-order valence-corrected chi connectivity index (χ3v) is 2.75. The van der Waals surface area contributed by atoms with Gasteiger partial charge in [-0.2, -0.15) is 13.5 Å². The van der Waals surface area contributed by atoms with Crippen LogP contribution in [0.25, 0.3) is 0 Å². The highest BCUT2D eigenvalue weighted by atomic mass is 32.2. The van der Waals surface area contributed by atoms with Crippen molar-refractivity contribution in [2.45, 2.75) is 26.4 Å². The molecule has 1 unspecified atom stereocenters. The van der Waals surface area contributed by atoms with Gasteiger partial charge in [0.15, 0.2) is 0 Å². The van der Waals surface area contributed by atoms with Crippen LogP contribution in [0.1, 0.15) is 20.3 Å². The predicted molar refractivity (Wildman–Crippen MR) is 52.6 cm³/mol. The fourth-order valence-electron chi connectivity index (χ4n) is 1.38. The molecule has 1 aliphatic heterocycles. The first-order chi connectivity index (χ1) is 7.20. The smallest absolute Gasteiger partial charge is 0.265 e. The lowest BCUT2D eigenvalue weighted by molar-refractivity contribution is -0.199. The van der Waals surface area contributed by atoms with Gasteiger partial charge in [0.05, 0.1) is 17.8 Å². The first kappa shape index (κ1) is 13.1. The lowest BCUT2D eigenvalue weighted by Gasteiger charge is -2.16. The summed E-state index contributed by atoms with van der Waals surface area (Å²) >= 11 is 0. The number of nitrogens with zero attached hydrogens (tertiary/aromatic N) is 1. The molecular weight excluding hydrogens is 238 g/mol. The number of hydrogen-bond acceptors (Lipinski definition) is 5. The number of amides is 2. The van der Waals surface area contributed by atoms with E-state index in [1.54, 1.807) is 13.8 Å². The summed E-state index contributed by atoms with van der Waals surface area (Å²) in [7, 11) is -4.27. The highest BCUT2D eigenvalue weighted by Gasteiger charge is 2.42. The Morgan fingerprint density at radius 2 is 2.06 bits per heavy atom. The summed E-state index contributed by atoms with van der Waals surface area (Å²) in [6, 6.07) is 0. The van der Waals surface area contributed by atoms with E-state index in [2.05, 4.69) is 0 Å². The minimum atomic E-state index is -4.27. The highest BCUT2D eigenvalue weighted by molar-refractivity contribution is 7.85. The molecule has 1 rings (SSSR count). The van der Waals surface area contributed by atoms with E-state index in [1.165, 1.54) is 0 Å².